The van der Waals surface area contributed by atoms with E-state index in [9.17, 15) is 0 Å². The number of rotatable bonds is 3. The maximum atomic E-state index is 4.72. The van der Waals surface area contributed by atoms with Gasteiger partial charge in [0.05, 0.1) is 0 Å². The van der Waals surface area contributed by atoms with E-state index in [2.05, 4.69) is 23.1 Å². The quantitative estimate of drug-likeness (QED) is 0.839. The van der Waals surface area contributed by atoms with E-state index in [0.29, 0.717) is 5.92 Å². The number of hydrogen-bond acceptors (Lipinski definition) is 4. The fourth-order valence-electron chi connectivity index (χ4n) is 3.38. The molecule has 3 nitrogen and oxygen atoms in total. The van der Waals surface area contributed by atoms with E-state index < -0.39 is 0 Å². The highest BCUT2D eigenvalue weighted by Gasteiger charge is 2.35. The zero-order valence-corrected chi connectivity index (χ0v) is 12.2. The average Bonchev–Trinajstić information content (AvgIpc) is 2.93. The molecule has 1 saturated carbocycles. The number of fused-ring (bicyclic) bond motifs is 1. The van der Waals surface area contributed by atoms with Gasteiger partial charge in [-0.1, -0.05) is 26.7 Å². The van der Waals surface area contributed by atoms with Gasteiger partial charge in [0.25, 0.3) is 0 Å². The Morgan fingerprint density at radius 3 is 2.50 bits per heavy atom. The Labute approximate surface area is 114 Å². The van der Waals surface area contributed by atoms with Gasteiger partial charge in [0.15, 0.2) is 0 Å². The molecule has 100 valence electrons. The van der Waals surface area contributed by atoms with Crippen molar-refractivity contribution >= 4 is 16.7 Å². The van der Waals surface area contributed by atoms with Gasteiger partial charge in [0.2, 0.25) is 5.13 Å². The summed E-state index contributed by atoms with van der Waals surface area (Å²) in [5.74, 6) is 3.54. The summed E-state index contributed by atoms with van der Waals surface area (Å²) >= 11 is 1.60. The molecular weight excluding hydrogens is 242 g/mol. The normalized spacial score (nSPS) is 27.8. The Morgan fingerprint density at radius 1 is 1.22 bits per heavy atom. The molecule has 2 fully saturated rings. The zero-order valence-electron chi connectivity index (χ0n) is 11.4. The van der Waals surface area contributed by atoms with Crippen LogP contribution in [-0.2, 0) is 6.42 Å². The smallest absolute Gasteiger partial charge is 0.205 e. The minimum absolute atomic E-state index is 0.647. The molecule has 2 aliphatic rings. The van der Waals surface area contributed by atoms with Crippen LogP contribution in [-0.4, -0.2) is 22.4 Å². The zero-order chi connectivity index (χ0) is 12.5. The molecule has 3 rings (SSSR count). The number of hydrogen-bond donors (Lipinski definition) is 0. The van der Waals surface area contributed by atoms with E-state index in [4.69, 9.17) is 4.98 Å². The summed E-state index contributed by atoms with van der Waals surface area (Å²) in [5, 5.41) is 1.17. The summed E-state index contributed by atoms with van der Waals surface area (Å²) in [6.07, 6.45) is 6.74. The predicted molar refractivity (Wildman–Crippen MR) is 76.1 cm³/mol. The van der Waals surface area contributed by atoms with E-state index in [-0.39, 0.29) is 0 Å². The third-order valence-electron chi connectivity index (χ3n) is 4.29. The molecule has 1 aliphatic carbocycles. The summed E-state index contributed by atoms with van der Waals surface area (Å²) in [6.45, 7) is 6.90. The summed E-state index contributed by atoms with van der Waals surface area (Å²) in [5.41, 5.74) is 0. The first-order valence-corrected chi connectivity index (χ1v) is 8.07. The van der Waals surface area contributed by atoms with Crippen LogP contribution in [0.3, 0.4) is 0 Å². The summed E-state index contributed by atoms with van der Waals surface area (Å²) in [7, 11) is 0. The maximum Gasteiger partial charge on any atom is 0.205 e. The Morgan fingerprint density at radius 2 is 1.89 bits per heavy atom. The van der Waals surface area contributed by atoms with Gasteiger partial charge in [-0.05, 0) is 30.6 Å². The minimum Gasteiger partial charge on any atom is -0.346 e. The highest BCUT2D eigenvalue weighted by Crippen LogP contribution is 2.38. The second-order valence-electron chi connectivity index (χ2n) is 6.30. The molecule has 1 saturated heterocycles. The lowest BCUT2D eigenvalue weighted by molar-refractivity contribution is 0.299. The Balaban J connectivity index is 1.66. The van der Waals surface area contributed by atoms with E-state index in [0.717, 1.165) is 24.1 Å². The molecule has 2 unspecified atom stereocenters. The van der Waals surface area contributed by atoms with Crippen molar-refractivity contribution in [1.82, 2.24) is 9.36 Å². The van der Waals surface area contributed by atoms with Crippen LogP contribution >= 0.6 is 11.5 Å². The van der Waals surface area contributed by atoms with E-state index in [1.165, 1.54) is 43.9 Å². The van der Waals surface area contributed by atoms with Gasteiger partial charge in [-0.25, -0.2) is 4.98 Å². The second-order valence-corrected chi connectivity index (χ2v) is 7.03. The summed E-state index contributed by atoms with van der Waals surface area (Å²) in [6, 6.07) is 0. The van der Waals surface area contributed by atoms with Crippen molar-refractivity contribution in [3.8, 4) is 0 Å². The first-order chi connectivity index (χ1) is 8.72. The minimum atomic E-state index is 0.647. The monoisotopic (exact) mass is 265 g/mol. The van der Waals surface area contributed by atoms with Crippen LogP contribution in [0.15, 0.2) is 0 Å². The van der Waals surface area contributed by atoms with Gasteiger partial charge >= 0.3 is 0 Å². The van der Waals surface area contributed by atoms with Crippen molar-refractivity contribution < 1.29 is 0 Å². The molecule has 4 heteroatoms. The van der Waals surface area contributed by atoms with Gasteiger partial charge < -0.3 is 4.90 Å². The molecule has 2 atom stereocenters. The molecule has 0 amide bonds. The van der Waals surface area contributed by atoms with Crippen molar-refractivity contribution in [2.75, 3.05) is 18.0 Å². The van der Waals surface area contributed by atoms with Gasteiger partial charge in [0, 0.05) is 31.0 Å². The SMILES string of the molecule is CC(C)Cc1nsc(N2CC3CCCCC3C2)n1. The maximum absolute atomic E-state index is 4.72. The van der Waals surface area contributed by atoms with Crippen LogP contribution in [0.4, 0.5) is 5.13 Å². The molecule has 0 bridgehead atoms. The predicted octanol–water partition coefficient (Wildman–Crippen LogP) is 3.36. The van der Waals surface area contributed by atoms with Crippen molar-refractivity contribution in [3.63, 3.8) is 0 Å². The lowest BCUT2D eigenvalue weighted by Crippen LogP contribution is -2.19. The molecule has 1 aliphatic heterocycles. The molecule has 0 aromatic carbocycles. The third-order valence-corrected chi connectivity index (χ3v) is 5.11. The number of aromatic nitrogens is 2. The largest absolute Gasteiger partial charge is 0.346 e. The molecule has 18 heavy (non-hydrogen) atoms. The first-order valence-electron chi connectivity index (χ1n) is 7.30. The van der Waals surface area contributed by atoms with E-state index in [1.54, 1.807) is 11.5 Å². The Kier molecular flexibility index (Phi) is 3.55. The van der Waals surface area contributed by atoms with Gasteiger partial charge in [-0.2, -0.15) is 4.37 Å². The number of anilines is 1. The molecule has 0 radical (unpaired) electrons. The highest BCUT2D eigenvalue weighted by atomic mass is 32.1. The molecule has 0 spiro atoms. The van der Waals surface area contributed by atoms with E-state index >= 15 is 0 Å². The Bertz CT molecular complexity index is 387. The molecule has 1 aromatic heterocycles. The lowest BCUT2D eigenvalue weighted by Gasteiger charge is -2.22. The van der Waals surface area contributed by atoms with Gasteiger partial charge in [-0.15, -0.1) is 0 Å². The van der Waals surface area contributed by atoms with Crippen molar-refractivity contribution in [1.29, 1.82) is 0 Å². The second kappa shape index (κ2) is 5.16. The van der Waals surface area contributed by atoms with Crippen LogP contribution < -0.4 is 4.90 Å². The molecular formula is C14H23N3S. The highest BCUT2D eigenvalue weighted by molar-refractivity contribution is 7.09. The van der Waals surface area contributed by atoms with Crippen molar-refractivity contribution in [3.05, 3.63) is 5.82 Å². The number of nitrogens with zero attached hydrogens (tertiary/aromatic N) is 3. The summed E-state index contributed by atoms with van der Waals surface area (Å²) < 4.78 is 4.51. The third kappa shape index (κ3) is 2.53. The lowest BCUT2D eigenvalue weighted by atomic mass is 9.82. The van der Waals surface area contributed by atoms with Gasteiger partial charge in [0.1, 0.15) is 5.82 Å². The van der Waals surface area contributed by atoms with Gasteiger partial charge in [-0.3, -0.25) is 0 Å². The average molecular weight is 265 g/mol. The van der Waals surface area contributed by atoms with Crippen molar-refractivity contribution in [2.45, 2.75) is 46.0 Å². The topological polar surface area (TPSA) is 29.0 Å². The fraction of sp³-hybridized carbons (Fsp3) is 0.857. The van der Waals surface area contributed by atoms with Crippen LogP contribution in [0, 0.1) is 17.8 Å². The van der Waals surface area contributed by atoms with E-state index in [1.807, 2.05) is 0 Å². The molecule has 2 heterocycles. The van der Waals surface area contributed by atoms with Crippen molar-refractivity contribution in [2.24, 2.45) is 17.8 Å². The molecule has 0 N–H and O–H groups in total. The van der Waals surface area contributed by atoms with Crippen LogP contribution in [0.1, 0.15) is 45.4 Å². The van der Waals surface area contributed by atoms with Crippen LogP contribution in [0.25, 0.3) is 0 Å². The molecule has 1 aromatic rings. The first kappa shape index (κ1) is 12.4. The van der Waals surface area contributed by atoms with Crippen LogP contribution in [0.2, 0.25) is 0 Å². The van der Waals surface area contributed by atoms with Crippen LogP contribution in [0.5, 0.6) is 0 Å². The standard InChI is InChI=1S/C14H23N3S/c1-10(2)7-13-15-14(18-16-13)17-8-11-5-3-4-6-12(11)9-17/h10-12H,3-9H2,1-2H3. The Hall–Kier alpha value is -0.640. The summed E-state index contributed by atoms with van der Waals surface area (Å²) in [4.78, 5) is 7.21. The fourth-order valence-corrected chi connectivity index (χ4v) is 4.10.